The Kier molecular flexibility index (Phi) is 19.5. The zero-order valence-corrected chi connectivity index (χ0v) is 40.0. The summed E-state index contributed by atoms with van der Waals surface area (Å²) in [7, 11) is 21.3. The Balaban J connectivity index is 0.000000218. The first-order valence-corrected chi connectivity index (χ1v) is 36.3. The van der Waals surface area contributed by atoms with Gasteiger partial charge in [-0.25, -0.2) is 20.0 Å². The van der Waals surface area contributed by atoms with Crippen LogP contribution in [0.2, 0.25) is 0 Å². The van der Waals surface area contributed by atoms with E-state index in [4.69, 9.17) is 38.8 Å². The van der Waals surface area contributed by atoms with Crippen molar-refractivity contribution in [1.82, 2.24) is 10.0 Å². The van der Waals surface area contributed by atoms with Crippen molar-refractivity contribution in [1.29, 1.82) is 0 Å². The molecule has 0 saturated heterocycles. The summed E-state index contributed by atoms with van der Waals surface area (Å²) >= 11 is 0. The quantitative estimate of drug-likeness (QED) is 0.165. The summed E-state index contributed by atoms with van der Waals surface area (Å²) in [5.74, 6) is 2.08. The Hall–Kier alpha value is -1.98. The van der Waals surface area contributed by atoms with Crippen LogP contribution >= 0.6 is 38.8 Å². The number of benzene rings is 2. The van der Waals surface area contributed by atoms with Gasteiger partial charge < -0.3 is 9.80 Å². The topological polar surface area (TPSA) is 71.3 Å². The number of rotatable bonds is 12. The third-order valence-electron chi connectivity index (χ3n) is 10.8. The number of azo groups is 2. The van der Waals surface area contributed by atoms with Crippen molar-refractivity contribution in [3.8, 4) is 0 Å². The number of nitrogens with zero attached hydrogens (tertiary/aromatic N) is 8. The van der Waals surface area contributed by atoms with E-state index >= 15 is 0 Å². The van der Waals surface area contributed by atoms with Gasteiger partial charge >= 0.3 is 49.6 Å². The zero-order chi connectivity index (χ0) is 39.8. The first-order chi connectivity index (χ1) is 26.4. The van der Waals surface area contributed by atoms with Crippen LogP contribution in [0.25, 0.3) is 0 Å². The van der Waals surface area contributed by atoms with Gasteiger partial charge in [0.05, 0.1) is 37.6 Å². The van der Waals surface area contributed by atoms with E-state index in [2.05, 4.69) is 143 Å². The van der Waals surface area contributed by atoms with E-state index in [9.17, 15) is 0 Å². The molecule has 0 bridgehead atoms. The first-order valence-electron chi connectivity index (χ1n) is 20.7. The molecule has 2 aromatic carbocycles. The Morgan fingerprint density at radius 3 is 1.15 bits per heavy atom. The first kappa shape index (κ1) is 45.7. The van der Waals surface area contributed by atoms with Crippen LogP contribution in [-0.2, 0) is 10.8 Å². The normalized spacial score (nSPS) is 20.9. The molecule has 2 saturated carbocycles. The fourth-order valence-corrected chi connectivity index (χ4v) is 7.97. The fourth-order valence-electron chi connectivity index (χ4n) is 7.97. The van der Waals surface area contributed by atoms with Gasteiger partial charge in [0.15, 0.2) is 0 Å². The number of quaternary nitrogens is 2. The molecule has 2 unspecified atom stereocenters. The van der Waals surface area contributed by atoms with E-state index in [1.165, 1.54) is 85.6 Å². The molecule has 0 spiro atoms. The summed E-state index contributed by atoms with van der Waals surface area (Å²) in [6.07, 6.45) is 17.7. The van der Waals surface area contributed by atoms with Crippen LogP contribution in [0.15, 0.2) is 92.8 Å². The maximum atomic E-state index is 5.05. The van der Waals surface area contributed by atoms with Crippen LogP contribution in [0, 0.1) is 0 Å². The summed E-state index contributed by atoms with van der Waals surface area (Å²) in [6, 6.07) is 18.0. The molecule has 2 N–H and O–H groups in total. The van der Waals surface area contributed by atoms with Crippen molar-refractivity contribution in [3.63, 3.8) is 0 Å². The monoisotopic (exact) mass is 888 g/mol. The van der Waals surface area contributed by atoms with E-state index in [-0.39, 0.29) is 0 Å². The van der Waals surface area contributed by atoms with Gasteiger partial charge in [0.1, 0.15) is 13.1 Å². The molecule has 2 heterocycles. The second kappa shape index (κ2) is 23.4. The van der Waals surface area contributed by atoms with E-state index in [0.717, 1.165) is 62.3 Å². The van der Waals surface area contributed by atoms with Crippen LogP contribution in [0.3, 0.4) is 0 Å². The molecule has 6 rings (SSSR count). The minimum atomic E-state index is -3.36. The Morgan fingerprint density at radius 1 is 0.545 bits per heavy atom. The molecular formula is C40H64Cl4N10Zn. The number of likely N-dealkylation sites (N-methyl/N-ethyl adjacent to an activating group) is 2. The van der Waals surface area contributed by atoms with E-state index in [1.54, 1.807) is 0 Å². The molecule has 55 heavy (non-hydrogen) atoms. The number of hydrogen-bond donors (Lipinski definition) is 2. The van der Waals surface area contributed by atoms with E-state index < -0.39 is 10.8 Å². The molecule has 10 nitrogen and oxygen atoms in total. The molecule has 304 valence electrons. The molecule has 2 aliphatic carbocycles. The van der Waals surface area contributed by atoms with Crippen molar-refractivity contribution >= 4 is 61.5 Å². The maximum absolute atomic E-state index is 5.05. The Bertz CT molecular complexity index is 1410. The summed E-state index contributed by atoms with van der Waals surface area (Å²) in [4.78, 5) is 4.67. The fraction of sp³-hybridized carbons (Fsp3) is 0.600. The number of halogens is 4. The van der Waals surface area contributed by atoms with Gasteiger partial charge in [-0.15, -0.1) is 20.5 Å². The molecule has 2 aromatic rings. The summed E-state index contributed by atoms with van der Waals surface area (Å²) in [6.45, 7) is 14.8. The van der Waals surface area contributed by atoms with Crippen molar-refractivity contribution in [2.24, 2.45) is 20.5 Å². The molecule has 0 aromatic heterocycles. The molecular weight excluding hydrogens is 828 g/mol. The second-order valence-corrected chi connectivity index (χ2v) is 42.4. The number of anilines is 2. The molecule has 15 heteroatoms. The van der Waals surface area contributed by atoms with Crippen molar-refractivity contribution in [2.75, 3.05) is 63.2 Å². The van der Waals surface area contributed by atoms with Crippen LogP contribution in [0.5, 0.6) is 0 Å². The van der Waals surface area contributed by atoms with Gasteiger partial charge in [-0.3, -0.25) is 0 Å². The van der Waals surface area contributed by atoms with E-state index in [1.807, 2.05) is 0 Å². The predicted molar refractivity (Wildman–Crippen MR) is 230 cm³/mol. The average molecular weight is 892 g/mol. The standard InChI is InChI=1S/2C20H31N5.4ClH.Zn/c2*1-4-24(5-2)18-13-11-17(12-14-18)21-22-20-15-16-23(3)25(20)19-9-7-6-8-10-19;;;;;/h2*11-15,19H,4-10,16H2,1-3H3;4*1H;/q;;;;;;+2/p-2. The van der Waals surface area contributed by atoms with Crippen molar-refractivity contribution in [3.05, 3.63) is 72.3 Å². The predicted octanol–water partition coefficient (Wildman–Crippen LogP) is 9.83. The second-order valence-electron chi connectivity index (χ2n) is 14.7. The zero-order valence-electron chi connectivity index (χ0n) is 34.0. The number of hydrogen-bond acceptors (Lipinski definition) is 8. The molecule has 4 aliphatic rings. The summed E-state index contributed by atoms with van der Waals surface area (Å²) in [5, 5.41) is 25.9. The molecule has 2 atom stereocenters. The molecule has 2 fully saturated rings. The molecule has 0 amide bonds. The van der Waals surface area contributed by atoms with Gasteiger partial charge in [-0.1, -0.05) is 38.5 Å². The molecule has 0 radical (unpaired) electrons. The Labute approximate surface area is 350 Å². The third kappa shape index (κ3) is 14.7. The average Bonchev–Trinajstić information content (AvgIpc) is 3.76. The van der Waals surface area contributed by atoms with E-state index in [0.29, 0.717) is 12.1 Å². The van der Waals surface area contributed by atoms with Gasteiger partial charge in [-0.05, 0) is 102 Å². The van der Waals surface area contributed by atoms with Crippen LogP contribution in [0.4, 0.5) is 22.7 Å². The third-order valence-corrected chi connectivity index (χ3v) is 10.8. The van der Waals surface area contributed by atoms with Gasteiger partial charge in [0, 0.05) is 49.7 Å². The SMILES string of the molecule is CCN(CC)c1ccc(N=NC2=CC[NH+](C)N2C2CCCCC2)cc1.CCN(CC)c1ccc(N=NC2=CC[NH+](C)N2C2CCCCC2)cc1.[Cl][Zn-2]([Cl])([Cl])[Cl]. The van der Waals surface area contributed by atoms with Gasteiger partial charge in [-0.2, -0.15) is 0 Å². The van der Waals surface area contributed by atoms with Gasteiger partial charge in [0.25, 0.3) is 0 Å². The summed E-state index contributed by atoms with van der Waals surface area (Å²) < 4.78 is 0. The summed E-state index contributed by atoms with van der Waals surface area (Å²) in [5.41, 5.74) is 4.34. The van der Waals surface area contributed by atoms with Gasteiger partial charge in [0.2, 0.25) is 11.6 Å². The van der Waals surface area contributed by atoms with Crippen molar-refractivity contribution in [2.45, 2.75) is 104 Å². The van der Waals surface area contributed by atoms with Crippen LogP contribution in [0.1, 0.15) is 91.9 Å². The Morgan fingerprint density at radius 2 is 0.855 bits per heavy atom. The van der Waals surface area contributed by atoms with Crippen molar-refractivity contribution < 1.29 is 20.8 Å². The minimum absolute atomic E-state index is 0.617. The van der Waals surface area contributed by atoms with Crippen LogP contribution in [-0.4, -0.2) is 75.5 Å². The van der Waals surface area contributed by atoms with Crippen LogP contribution < -0.4 is 19.8 Å². The number of nitrogens with one attached hydrogen (secondary N) is 2. The molecule has 2 aliphatic heterocycles.